The first-order chi connectivity index (χ1) is 12.5. The summed E-state index contributed by atoms with van der Waals surface area (Å²) >= 11 is 0. The Balaban J connectivity index is 1.91. The number of carbonyl (C=O) groups excluding carboxylic acids is 1. The molecular formula is C21H21N3O2. The molecule has 3 aromatic rings. The highest BCUT2D eigenvalue weighted by atomic mass is 16.2. The van der Waals surface area contributed by atoms with Gasteiger partial charge in [-0.15, -0.1) is 0 Å². The van der Waals surface area contributed by atoms with E-state index in [0.717, 1.165) is 23.2 Å². The number of hydrogen-bond acceptors (Lipinski definition) is 3. The molecule has 0 spiro atoms. The summed E-state index contributed by atoms with van der Waals surface area (Å²) in [6, 6.07) is 14.9. The molecule has 0 aliphatic heterocycles. The highest BCUT2D eigenvalue weighted by Crippen LogP contribution is 2.16. The molecule has 26 heavy (non-hydrogen) atoms. The largest absolute Gasteiger partial charge is 0.320 e. The van der Waals surface area contributed by atoms with Gasteiger partial charge in [0.05, 0.1) is 5.69 Å². The highest BCUT2D eigenvalue weighted by molar-refractivity contribution is 6.03. The maximum Gasteiger partial charge on any atom is 0.280 e. The molecule has 0 saturated carbocycles. The van der Waals surface area contributed by atoms with Gasteiger partial charge in [0.25, 0.3) is 5.91 Å². The Labute approximate surface area is 152 Å². The highest BCUT2D eigenvalue weighted by Gasteiger charge is 2.14. The van der Waals surface area contributed by atoms with Crippen molar-refractivity contribution in [3.63, 3.8) is 0 Å². The number of rotatable bonds is 4. The Morgan fingerprint density at radius 1 is 1.08 bits per heavy atom. The molecular weight excluding hydrogens is 326 g/mol. The zero-order valence-corrected chi connectivity index (χ0v) is 15.1. The summed E-state index contributed by atoms with van der Waals surface area (Å²) in [6.45, 7) is 5.98. The van der Waals surface area contributed by atoms with E-state index < -0.39 is 11.3 Å². The third kappa shape index (κ3) is 3.72. The molecule has 5 heteroatoms. The zero-order valence-electron chi connectivity index (χ0n) is 15.1. The Bertz CT molecular complexity index is 1000. The van der Waals surface area contributed by atoms with Crippen molar-refractivity contribution in [1.82, 2.24) is 9.78 Å². The van der Waals surface area contributed by atoms with E-state index >= 15 is 0 Å². The van der Waals surface area contributed by atoms with E-state index in [0.29, 0.717) is 5.69 Å². The number of amides is 1. The lowest BCUT2D eigenvalue weighted by Crippen LogP contribution is -2.25. The summed E-state index contributed by atoms with van der Waals surface area (Å²) in [5, 5.41) is 7.01. The summed E-state index contributed by atoms with van der Waals surface area (Å²) in [5.41, 5.74) is 4.18. The normalized spacial score (nSPS) is 10.6. The van der Waals surface area contributed by atoms with Crippen molar-refractivity contribution < 1.29 is 4.79 Å². The van der Waals surface area contributed by atoms with E-state index in [2.05, 4.69) is 17.3 Å². The van der Waals surface area contributed by atoms with Crippen LogP contribution in [-0.2, 0) is 6.42 Å². The molecule has 0 radical (unpaired) electrons. The van der Waals surface area contributed by atoms with Crippen LogP contribution >= 0.6 is 0 Å². The van der Waals surface area contributed by atoms with E-state index in [-0.39, 0.29) is 5.69 Å². The smallest absolute Gasteiger partial charge is 0.280 e. The molecule has 1 heterocycles. The fourth-order valence-electron chi connectivity index (χ4n) is 2.73. The lowest BCUT2D eigenvalue weighted by molar-refractivity contribution is 0.101. The fraction of sp³-hybridized carbons (Fsp3) is 0.190. The Morgan fingerprint density at radius 3 is 2.46 bits per heavy atom. The molecule has 0 saturated heterocycles. The van der Waals surface area contributed by atoms with Gasteiger partial charge in [0.2, 0.25) is 5.43 Å². The first-order valence-corrected chi connectivity index (χ1v) is 8.56. The van der Waals surface area contributed by atoms with Crippen LogP contribution in [-0.4, -0.2) is 15.7 Å². The van der Waals surface area contributed by atoms with Gasteiger partial charge in [0, 0.05) is 18.0 Å². The molecule has 0 bridgehead atoms. The topological polar surface area (TPSA) is 64.0 Å². The van der Waals surface area contributed by atoms with Gasteiger partial charge < -0.3 is 5.32 Å². The van der Waals surface area contributed by atoms with Gasteiger partial charge in [-0.05, 0) is 49.6 Å². The molecule has 3 rings (SSSR count). The van der Waals surface area contributed by atoms with E-state index in [9.17, 15) is 9.59 Å². The van der Waals surface area contributed by atoms with E-state index in [1.807, 2.05) is 56.3 Å². The minimum Gasteiger partial charge on any atom is -0.320 e. The monoisotopic (exact) mass is 347 g/mol. The molecule has 2 aromatic carbocycles. The Morgan fingerprint density at radius 2 is 1.81 bits per heavy atom. The van der Waals surface area contributed by atoms with Crippen molar-refractivity contribution in [2.45, 2.75) is 27.2 Å². The molecule has 0 aliphatic carbocycles. The average molecular weight is 347 g/mol. The van der Waals surface area contributed by atoms with Gasteiger partial charge in [0.1, 0.15) is 0 Å². The van der Waals surface area contributed by atoms with Gasteiger partial charge in [-0.3, -0.25) is 9.59 Å². The van der Waals surface area contributed by atoms with Crippen LogP contribution in [0.4, 0.5) is 5.69 Å². The predicted molar refractivity (Wildman–Crippen MR) is 103 cm³/mol. The summed E-state index contributed by atoms with van der Waals surface area (Å²) in [6.07, 6.45) is 2.51. The molecule has 1 N–H and O–H groups in total. The standard InChI is InChI=1S/C21H21N3O2/c1-4-16-6-8-17(9-7-16)24-12-11-19(25)20(23-24)21(26)22-18-10-5-14(2)13-15(18)3/h5-13H,4H2,1-3H3,(H,22,26). The van der Waals surface area contributed by atoms with Gasteiger partial charge in [-0.25, -0.2) is 4.68 Å². The maximum atomic E-state index is 12.6. The van der Waals surface area contributed by atoms with E-state index in [1.54, 1.807) is 6.20 Å². The van der Waals surface area contributed by atoms with Crippen LogP contribution in [0.3, 0.4) is 0 Å². The number of aromatic nitrogens is 2. The van der Waals surface area contributed by atoms with Crippen LogP contribution < -0.4 is 10.7 Å². The van der Waals surface area contributed by atoms with Crippen LogP contribution in [0, 0.1) is 13.8 Å². The van der Waals surface area contributed by atoms with Crippen molar-refractivity contribution in [2.24, 2.45) is 0 Å². The second kappa shape index (κ2) is 7.35. The first-order valence-electron chi connectivity index (χ1n) is 8.56. The molecule has 132 valence electrons. The van der Waals surface area contributed by atoms with Gasteiger partial charge in [0.15, 0.2) is 5.69 Å². The van der Waals surface area contributed by atoms with Crippen LogP contribution in [0.2, 0.25) is 0 Å². The molecule has 5 nitrogen and oxygen atoms in total. The molecule has 0 fully saturated rings. The minimum atomic E-state index is -0.513. The van der Waals surface area contributed by atoms with E-state index in [1.165, 1.54) is 16.3 Å². The quantitative estimate of drug-likeness (QED) is 0.783. The third-order valence-electron chi connectivity index (χ3n) is 4.26. The minimum absolute atomic E-state index is 0.132. The SMILES string of the molecule is CCc1ccc(-n2ccc(=O)c(C(=O)Nc3ccc(C)cc3C)n2)cc1. The predicted octanol–water partition coefficient (Wildman–Crippen LogP) is 3.66. The van der Waals surface area contributed by atoms with Gasteiger partial charge >= 0.3 is 0 Å². The number of nitrogens with one attached hydrogen (secondary N) is 1. The number of carbonyl (C=O) groups is 1. The van der Waals surface area contributed by atoms with Crippen molar-refractivity contribution >= 4 is 11.6 Å². The Hall–Kier alpha value is -3.21. The lowest BCUT2D eigenvalue weighted by atomic mass is 10.1. The second-order valence-corrected chi connectivity index (χ2v) is 6.27. The van der Waals surface area contributed by atoms with Crippen LogP contribution in [0.5, 0.6) is 0 Å². The van der Waals surface area contributed by atoms with Crippen LogP contribution in [0.1, 0.15) is 34.1 Å². The van der Waals surface area contributed by atoms with Crippen molar-refractivity contribution in [1.29, 1.82) is 0 Å². The number of benzene rings is 2. The van der Waals surface area contributed by atoms with Gasteiger partial charge in [-0.2, -0.15) is 5.10 Å². The number of hydrogen-bond donors (Lipinski definition) is 1. The van der Waals surface area contributed by atoms with Crippen LogP contribution in [0.25, 0.3) is 5.69 Å². The van der Waals surface area contributed by atoms with Gasteiger partial charge in [-0.1, -0.05) is 36.8 Å². The zero-order chi connectivity index (χ0) is 18.7. The molecule has 1 aromatic heterocycles. The fourth-order valence-corrected chi connectivity index (χ4v) is 2.73. The van der Waals surface area contributed by atoms with Crippen molar-refractivity contribution in [2.75, 3.05) is 5.32 Å². The number of aryl methyl sites for hydroxylation is 3. The summed E-state index contributed by atoms with van der Waals surface area (Å²) in [7, 11) is 0. The molecule has 1 amide bonds. The summed E-state index contributed by atoms with van der Waals surface area (Å²) in [4.78, 5) is 24.7. The molecule has 0 aliphatic rings. The van der Waals surface area contributed by atoms with Crippen molar-refractivity contribution in [3.05, 3.63) is 87.3 Å². The number of anilines is 1. The van der Waals surface area contributed by atoms with Crippen LogP contribution in [0.15, 0.2) is 59.5 Å². The average Bonchev–Trinajstić information content (AvgIpc) is 2.64. The Kier molecular flexibility index (Phi) is 4.98. The number of nitrogens with zero attached hydrogens (tertiary/aromatic N) is 2. The van der Waals surface area contributed by atoms with Crippen molar-refractivity contribution in [3.8, 4) is 5.69 Å². The molecule has 0 atom stereocenters. The second-order valence-electron chi connectivity index (χ2n) is 6.27. The summed E-state index contributed by atoms with van der Waals surface area (Å²) < 4.78 is 1.54. The third-order valence-corrected chi connectivity index (χ3v) is 4.26. The van der Waals surface area contributed by atoms with E-state index in [4.69, 9.17) is 0 Å². The molecule has 0 unspecified atom stereocenters. The maximum absolute atomic E-state index is 12.6. The summed E-state index contributed by atoms with van der Waals surface area (Å²) in [5.74, 6) is -0.513. The lowest BCUT2D eigenvalue weighted by Gasteiger charge is -2.10. The first kappa shape index (κ1) is 17.6.